The van der Waals surface area contributed by atoms with E-state index in [0.717, 1.165) is 35.7 Å². The lowest BCUT2D eigenvalue weighted by molar-refractivity contribution is -0.384. The summed E-state index contributed by atoms with van der Waals surface area (Å²) in [5, 5.41) is 11.0. The molecule has 5 heteroatoms. The second kappa shape index (κ2) is 9.31. The van der Waals surface area contributed by atoms with Crippen molar-refractivity contribution in [1.29, 1.82) is 0 Å². The van der Waals surface area contributed by atoms with Crippen LogP contribution in [0.2, 0.25) is 0 Å². The number of aryl methyl sites for hydroxylation is 1. The summed E-state index contributed by atoms with van der Waals surface area (Å²) in [5.41, 5.74) is 2.70. The van der Waals surface area contributed by atoms with Gasteiger partial charge in [-0.1, -0.05) is 58.0 Å². The molecule has 0 aromatic heterocycles. The molecule has 0 heterocycles. The highest BCUT2D eigenvalue weighted by Crippen LogP contribution is 2.25. The van der Waals surface area contributed by atoms with Gasteiger partial charge in [-0.2, -0.15) is 0 Å². The van der Waals surface area contributed by atoms with Crippen molar-refractivity contribution in [2.75, 3.05) is 13.1 Å². The minimum Gasteiger partial charge on any atom is -0.356 e. The summed E-state index contributed by atoms with van der Waals surface area (Å²) < 4.78 is 0. The van der Waals surface area contributed by atoms with E-state index >= 15 is 0 Å². The molecule has 27 heavy (non-hydrogen) atoms. The highest BCUT2D eigenvalue weighted by atomic mass is 16.6. The minimum absolute atomic E-state index is 0.0916. The van der Waals surface area contributed by atoms with Gasteiger partial charge >= 0.3 is 0 Å². The Labute approximate surface area is 161 Å². The average Bonchev–Trinajstić information content (AvgIpc) is 2.60. The zero-order valence-corrected chi connectivity index (χ0v) is 16.8. The van der Waals surface area contributed by atoms with Crippen LogP contribution in [0, 0.1) is 28.9 Å². The second-order valence-corrected chi connectivity index (χ2v) is 7.72. The minimum atomic E-state index is -0.373. The molecular weight excluding hydrogens is 338 g/mol. The van der Waals surface area contributed by atoms with Crippen molar-refractivity contribution in [3.8, 4) is 0 Å². The normalized spacial score (nSPS) is 11.9. The molecule has 0 bridgehead atoms. The molecule has 0 saturated carbocycles. The molecule has 5 nitrogen and oxygen atoms in total. The Morgan fingerprint density at radius 2 is 1.63 bits per heavy atom. The Kier molecular flexibility index (Phi) is 7.11. The first-order chi connectivity index (χ1) is 12.8. The van der Waals surface area contributed by atoms with Gasteiger partial charge in [-0.05, 0) is 30.4 Å². The molecule has 0 unspecified atom stereocenters. The molecule has 0 aliphatic carbocycles. The number of nitro groups is 1. The van der Waals surface area contributed by atoms with Gasteiger partial charge in [0.1, 0.15) is 5.84 Å². The lowest BCUT2D eigenvalue weighted by Crippen LogP contribution is -2.37. The van der Waals surface area contributed by atoms with Gasteiger partial charge in [0.2, 0.25) is 0 Å². The maximum absolute atomic E-state index is 11.0. The Bertz CT molecular complexity index is 788. The predicted molar refractivity (Wildman–Crippen MR) is 112 cm³/mol. The summed E-state index contributed by atoms with van der Waals surface area (Å²) >= 11 is 0. The molecule has 2 aromatic rings. The van der Waals surface area contributed by atoms with Crippen LogP contribution in [-0.2, 0) is 0 Å². The van der Waals surface area contributed by atoms with Crippen LogP contribution in [0.15, 0.2) is 53.5 Å². The third-order valence-electron chi connectivity index (χ3n) is 4.12. The molecule has 0 atom stereocenters. The van der Waals surface area contributed by atoms with Gasteiger partial charge in [0, 0.05) is 30.8 Å². The van der Waals surface area contributed by atoms with Crippen molar-refractivity contribution < 1.29 is 4.92 Å². The van der Waals surface area contributed by atoms with Crippen LogP contribution in [0.1, 0.15) is 38.8 Å². The number of hydrogen-bond acceptors (Lipinski definition) is 3. The van der Waals surface area contributed by atoms with E-state index in [-0.39, 0.29) is 10.6 Å². The number of rotatable bonds is 7. The van der Waals surface area contributed by atoms with E-state index in [9.17, 15) is 10.1 Å². The quantitative estimate of drug-likeness (QED) is 0.277. The predicted octanol–water partition coefficient (Wildman–Crippen LogP) is 5.60. The van der Waals surface area contributed by atoms with Crippen LogP contribution in [-0.4, -0.2) is 28.7 Å². The van der Waals surface area contributed by atoms with Crippen LogP contribution < -0.4 is 0 Å². The van der Waals surface area contributed by atoms with Gasteiger partial charge in [-0.15, -0.1) is 0 Å². The highest BCUT2D eigenvalue weighted by molar-refractivity contribution is 6.00. The molecule has 0 aliphatic rings. The fourth-order valence-electron chi connectivity index (χ4n) is 3.03. The fraction of sp³-hybridized carbons (Fsp3) is 0.409. The molecule has 0 aliphatic heterocycles. The molecule has 0 saturated heterocycles. The number of non-ortho nitro benzene ring substituents is 1. The van der Waals surface area contributed by atoms with Gasteiger partial charge in [0.05, 0.1) is 10.6 Å². The van der Waals surface area contributed by atoms with Crippen molar-refractivity contribution in [1.82, 2.24) is 4.90 Å². The van der Waals surface area contributed by atoms with Crippen LogP contribution in [0.4, 0.5) is 11.4 Å². The van der Waals surface area contributed by atoms with Gasteiger partial charge in [-0.3, -0.25) is 10.1 Å². The van der Waals surface area contributed by atoms with Gasteiger partial charge < -0.3 is 4.90 Å². The maximum atomic E-state index is 11.0. The van der Waals surface area contributed by atoms with Gasteiger partial charge in [0.25, 0.3) is 5.69 Å². The first kappa shape index (κ1) is 20.6. The first-order valence-electron chi connectivity index (χ1n) is 9.42. The fourth-order valence-corrected chi connectivity index (χ4v) is 3.03. The lowest BCUT2D eigenvalue weighted by atomic mass is 10.1. The van der Waals surface area contributed by atoms with E-state index < -0.39 is 0 Å². The molecular formula is C22H29N3O2. The number of benzene rings is 2. The summed E-state index contributed by atoms with van der Waals surface area (Å²) in [7, 11) is 0. The monoisotopic (exact) mass is 367 g/mol. The van der Waals surface area contributed by atoms with E-state index in [1.165, 1.54) is 6.07 Å². The van der Waals surface area contributed by atoms with Crippen molar-refractivity contribution in [2.45, 2.75) is 34.6 Å². The number of aliphatic imine (C=N–C) groups is 1. The Hall–Kier alpha value is -2.69. The Balaban J connectivity index is 2.55. The summed E-state index contributed by atoms with van der Waals surface area (Å²) in [6.07, 6.45) is 0. The molecule has 0 radical (unpaired) electrons. The van der Waals surface area contributed by atoms with E-state index in [2.05, 4.69) is 44.7 Å². The number of hydrogen-bond donors (Lipinski definition) is 0. The van der Waals surface area contributed by atoms with Crippen molar-refractivity contribution in [3.63, 3.8) is 0 Å². The SMILES string of the molecule is Cc1cc([N+](=O)[O-])ccc1N=C(c1ccccc1)N(CC(C)C)CC(C)C. The zero-order valence-electron chi connectivity index (χ0n) is 16.8. The second-order valence-electron chi connectivity index (χ2n) is 7.72. The number of nitro benzene ring substituents is 1. The summed E-state index contributed by atoms with van der Waals surface area (Å²) in [6, 6.07) is 15.0. The van der Waals surface area contributed by atoms with Crippen LogP contribution in [0.25, 0.3) is 0 Å². The molecule has 0 N–H and O–H groups in total. The van der Waals surface area contributed by atoms with Crippen LogP contribution >= 0.6 is 0 Å². The summed E-state index contributed by atoms with van der Waals surface area (Å²) in [4.78, 5) is 17.9. The topological polar surface area (TPSA) is 58.7 Å². The van der Waals surface area contributed by atoms with E-state index in [4.69, 9.17) is 4.99 Å². The van der Waals surface area contributed by atoms with Gasteiger partial charge in [0.15, 0.2) is 0 Å². The third kappa shape index (κ3) is 5.91. The Morgan fingerprint density at radius 1 is 1.04 bits per heavy atom. The first-order valence-corrected chi connectivity index (χ1v) is 9.42. The molecule has 0 fully saturated rings. The largest absolute Gasteiger partial charge is 0.356 e. The van der Waals surface area contributed by atoms with E-state index in [1.54, 1.807) is 12.1 Å². The van der Waals surface area contributed by atoms with Crippen molar-refractivity contribution >= 4 is 17.2 Å². The standard InChI is InChI=1S/C22H29N3O2/c1-16(2)14-24(15-17(3)4)22(19-9-7-6-8-10-19)23-21-12-11-20(25(26)27)13-18(21)5/h6-13,16-17H,14-15H2,1-5H3. The van der Waals surface area contributed by atoms with Crippen molar-refractivity contribution in [2.24, 2.45) is 16.8 Å². The molecule has 2 rings (SSSR count). The van der Waals surface area contributed by atoms with Crippen LogP contribution in [0.3, 0.4) is 0 Å². The Morgan fingerprint density at radius 3 is 2.11 bits per heavy atom. The van der Waals surface area contributed by atoms with E-state index in [1.807, 2.05) is 25.1 Å². The highest BCUT2D eigenvalue weighted by Gasteiger charge is 2.17. The number of amidine groups is 1. The van der Waals surface area contributed by atoms with E-state index in [0.29, 0.717) is 11.8 Å². The van der Waals surface area contributed by atoms with Crippen LogP contribution in [0.5, 0.6) is 0 Å². The zero-order chi connectivity index (χ0) is 20.0. The van der Waals surface area contributed by atoms with Gasteiger partial charge in [-0.25, -0.2) is 4.99 Å². The maximum Gasteiger partial charge on any atom is 0.269 e. The average molecular weight is 367 g/mol. The molecule has 0 amide bonds. The number of nitrogens with zero attached hydrogens (tertiary/aromatic N) is 3. The summed E-state index contributed by atoms with van der Waals surface area (Å²) in [5.74, 6) is 1.90. The molecule has 144 valence electrons. The lowest BCUT2D eigenvalue weighted by Gasteiger charge is -2.30. The molecule has 2 aromatic carbocycles. The smallest absolute Gasteiger partial charge is 0.269 e. The summed E-state index contributed by atoms with van der Waals surface area (Å²) in [6.45, 7) is 12.5. The molecule has 0 spiro atoms. The van der Waals surface area contributed by atoms with Crippen molar-refractivity contribution in [3.05, 3.63) is 69.8 Å². The third-order valence-corrected chi connectivity index (χ3v) is 4.12.